The van der Waals surface area contributed by atoms with Crippen LogP contribution in [-0.4, -0.2) is 16.9 Å². The molecule has 2 aromatic carbocycles. The van der Waals surface area contributed by atoms with Crippen LogP contribution in [0.2, 0.25) is 10.0 Å². The maximum absolute atomic E-state index is 12.9. The maximum Gasteiger partial charge on any atom is 0.248 e. The predicted octanol–water partition coefficient (Wildman–Crippen LogP) is 3.63. The molecule has 0 atom stereocenters. The molecule has 3 rings (SSSR count). The number of carbonyl (C=O) groups excluding carboxylic acids is 2. The van der Waals surface area contributed by atoms with Gasteiger partial charge in [-0.05, 0) is 42.5 Å². The third-order valence-electron chi connectivity index (χ3n) is 3.57. The Bertz CT molecular complexity index is 1040. The Kier molecular flexibility index (Phi) is 4.97. The fraction of sp³-hybridized carbons (Fsp3) is 0. The van der Waals surface area contributed by atoms with Crippen LogP contribution >= 0.6 is 23.2 Å². The normalized spacial score (nSPS) is 11.2. The third-order valence-corrected chi connectivity index (χ3v) is 4.09. The van der Waals surface area contributed by atoms with E-state index in [4.69, 9.17) is 23.2 Å². The first-order valence-electron chi connectivity index (χ1n) is 7.32. The van der Waals surface area contributed by atoms with Crippen LogP contribution in [-0.2, 0) is 4.79 Å². The number of carboxylic acids is 1. The van der Waals surface area contributed by atoms with Crippen LogP contribution in [0.4, 0.5) is 10.1 Å². The molecule has 0 bridgehead atoms. The van der Waals surface area contributed by atoms with Crippen molar-refractivity contribution < 1.29 is 19.1 Å². The Morgan fingerprint density at radius 2 is 1.85 bits per heavy atom. The third kappa shape index (κ3) is 3.71. The number of fused-ring (bicyclic) bond motifs is 1. The van der Waals surface area contributed by atoms with Gasteiger partial charge in [0.15, 0.2) is 0 Å². The van der Waals surface area contributed by atoms with Gasteiger partial charge in [0.25, 0.3) is 0 Å². The lowest BCUT2D eigenvalue weighted by Crippen LogP contribution is -2.23. The lowest BCUT2D eigenvalue weighted by Gasteiger charge is -2.03. The fourth-order valence-corrected chi connectivity index (χ4v) is 3.07. The second kappa shape index (κ2) is 7.19. The van der Waals surface area contributed by atoms with E-state index in [0.29, 0.717) is 21.6 Å². The Balaban J connectivity index is 1.95. The van der Waals surface area contributed by atoms with Gasteiger partial charge in [-0.2, -0.15) is 0 Å². The number of aromatic amines is 1. The van der Waals surface area contributed by atoms with Gasteiger partial charge >= 0.3 is 0 Å². The quantitative estimate of drug-likeness (QED) is 0.665. The first-order chi connectivity index (χ1) is 12.3. The average molecular weight is 392 g/mol. The van der Waals surface area contributed by atoms with Crippen molar-refractivity contribution >= 4 is 57.7 Å². The number of aromatic nitrogens is 1. The van der Waals surface area contributed by atoms with Gasteiger partial charge < -0.3 is 20.2 Å². The summed E-state index contributed by atoms with van der Waals surface area (Å²) in [4.78, 5) is 26.1. The monoisotopic (exact) mass is 391 g/mol. The number of hydrogen-bond acceptors (Lipinski definition) is 3. The number of amides is 1. The van der Waals surface area contributed by atoms with Gasteiger partial charge in [0.1, 0.15) is 5.82 Å². The van der Waals surface area contributed by atoms with Crippen molar-refractivity contribution in [3.8, 4) is 0 Å². The SMILES string of the molecule is O=C(/C=C/c1c(C(=O)[O-])[nH]c2cc(Cl)cc(Cl)c12)Nc1ccc(F)cc1. The molecule has 0 fully saturated rings. The molecule has 8 heteroatoms. The van der Waals surface area contributed by atoms with E-state index in [0.717, 1.165) is 6.08 Å². The number of H-pyrrole nitrogens is 1. The van der Waals surface area contributed by atoms with Gasteiger partial charge in [0.2, 0.25) is 5.91 Å². The van der Waals surface area contributed by atoms with Crippen LogP contribution in [0.25, 0.3) is 17.0 Å². The molecule has 0 radical (unpaired) electrons. The number of benzene rings is 2. The standard InChI is InChI=1S/C18H11Cl2FN2O3/c19-9-7-13(20)16-12(17(18(25)26)23-14(16)8-9)5-6-15(24)22-11-3-1-10(21)2-4-11/h1-8,23H,(H,22,24)(H,25,26)/p-1/b6-5+. The van der Waals surface area contributed by atoms with Gasteiger partial charge in [0.05, 0.1) is 16.7 Å². The number of aromatic carboxylic acids is 1. The molecule has 26 heavy (non-hydrogen) atoms. The predicted molar refractivity (Wildman–Crippen MR) is 96.7 cm³/mol. The molecule has 0 aliphatic heterocycles. The van der Waals surface area contributed by atoms with Crippen molar-refractivity contribution in [1.82, 2.24) is 4.98 Å². The molecule has 5 nitrogen and oxygen atoms in total. The minimum atomic E-state index is -1.45. The summed E-state index contributed by atoms with van der Waals surface area (Å²) in [5.74, 6) is -2.41. The first-order valence-corrected chi connectivity index (χ1v) is 8.07. The van der Waals surface area contributed by atoms with Gasteiger partial charge in [-0.25, -0.2) is 4.39 Å². The Morgan fingerprint density at radius 1 is 1.15 bits per heavy atom. The second-order valence-corrected chi connectivity index (χ2v) is 6.18. The van der Waals surface area contributed by atoms with Gasteiger partial charge in [-0.15, -0.1) is 0 Å². The van der Waals surface area contributed by atoms with Crippen LogP contribution in [0.15, 0.2) is 42.5 Å². The molecule has 0 spiro atoms. The molecule has 3 aromatic rings. The Morgan fingerprint density at radius 3 is 2.50 bits per heavy atom. The first kappa shape index (κ1) is 18.0. The van der Waals surface area contributed by atoms with E-state index in [1.165, 1.54) is 42.5 Å². The van der Waals surface area contributed by atoms with E-state index < -0.39 is 17.7 Å². The van der Waals surface area contributed by atoms with E-state index in [2.05, 4.69) is 10.3 Å². The minimum Gasteiger partial charge on any atom is -0.543 e. The van der Waals surface area contributed by atoms with E-state index in [1.54, 1.807) is 0 Å². The number of rotatable bonds is 4. The van der Waals surface area contributed by atoms with Crippen molar-refractivity contribution in [2.24, 2.45) is 0 Å². The van der Waals surface area contributed by atoms with Crippen LogP contribution < -0.4 is 10.4 Å². The lowest BCUT2D eigenvalue weighted by molar-refractivity contribution is -0.255. The van der Waals surface area contributed by atoms with Crippen LogP contribution in [0.1, 0.15) is 16.1 Å². The molecule has 2 N–H and O–H groups in total. The lowest BCUT2D eigenvalue weighted by atomic mass is 10.1. The van der Waals surface area contributed by atoms with Crippen LogP contribution in [0.3, 0.4) is 0 Å². The molecular formula is C18H10Cl2FN2O3-. The summed E-state index contributed by atoms with van der Waals surface area (Å²) >= 11 is 12.1. The van der Waals surface area contributed by atoms with E-state index in [9.17, 15) is 19.1 Å². The topological polar surface area (TPSA) is 85.0 Å². The number of carboxylic acid groups (broad SMARTS) is 1. The highest BCUT2D eigenvalue weighted by atomic mass is 35.5. The molecule has 0 aliphatic carbocycles. The number of halogens is 3. The molecule has 1 aromatic heterocycles. The summed E-state index contributed by atoms with van der Waals surface area (Å²) in [6, 6.07) is 8.20. The molecule has 0 saturated heterocycles. The van der Waals surface area contributed by atoms with Gasteiger partial charge in [-0.1, -0.05) is 23.2 Å². The van der Waals surface area contributed by atoms with Crippen LogP contribution in [0, 0.1) is 5.82 Å². The summed E-state index contributed by atoms with van der Waals surface area (Å²) in [6.45, 7) is 0. The molecule has 132 valence electrons. The van der Waals surface area contributed by atoms with Crippen molar-refractivity contribution in [2.75, 3.05) is 5.32 Å². The molecule has 1 heterocycles. The van der Waals surface area contributed by atoms with E-state index >= 15 is 0 Å². The summed E-state index contributed by atoms with van der Waals surface area (Å²) in [5, 5.41) is 14.9. The highest BCUT2D eigenvalue weighted by Crippen LogP contribution is 2.33. The number of nitrogens with one attached hydrogen (secondary N) is 2. The number of carbonyl (C=O) groups is 2. The smallest absolute Gasteiger partial charge is 0.248 e. The average Bonchev–Trinajstić information content (AvgIpc) is 2.94. The van der Waals surface area contributed by atoms with Crippen molar-refractivity contribution in [3.63, 3.8) is 0 Å². The molecular weight excluding hydrogens is 382 g/mol. The molecule has 0 aliphatic rings. The minimum absolute atomic E-state index is 0.191. The largest absolute Gasteiger partial charge is 0.543 e. The maximum atomic E-state index is 12.9. The van der Waals surface area contributed by atoms with Crippen molar-refractivity contribution in [1.29, 1.82) is 0 Å². The van der Waals surface area contributed by atoms with Crippen molar-refractivity contribution in [2.45, 2.75) is 0 Å². The fourth-order valence-electron chi connectivity index (χ4n) is 2.48. The summed E-state index contributed by atoms with van der Waals surface area (Å²) < 4.78 is 12.9. The van der Waals surface area contributed by atoms with E-state index in [1.807, 2.05) is 0 Å². The summed E-state index contributed by atoms with van der Waals surface area (Å²) in [7, 11) is 0. The highest BCUT2D eigenvalue weighted by molar-refractivity contribution is 6.39. The van der Waals surface area contributed by atoms with Gasteiger partial charge in [-0.3, -0.25) is 4.79 Å². The number of hydrogen-bond donors (Lipinski definition) is 2. The zero-order valence-corrected chi connectivity index (χ0v) is 14.5. The summed E-state index contributed by atoms with van der Waals surface area (Å²) in [5.41, 5.74) is 0.760. The van der Waals surface area contributed by atoms with Gasteiger partial charge in [0, 0.05) is 33.3 Å². The zero-order valence-electron chi connectivity index (χ0n) is 13.0. The van der Waals surface area contributed by atoms with Crippen molar-refractivity contribution in [3.05, 3.63) is 69.6 Å². The molecule has 0 saturated carbocycles. The Labute approximate surface area is 157 Å². The molecule has 0 unspecified atom stereocenters. The summed E-state index contributed by atoms with van der Waals surface area (Å²) in [6.07, 6.45) is 2.45. The number of anilines is 1. The van der Waals surface area contributed by atoms with E-state index in [-0.39, 0.29) is 16.3 Å². The zero-order chi connectivity index (χ0) is 18.8. The molecule has 1 amide bonds. The highest BCUT2D eigenvalue weighted by Gasteiger charge is 2.14. The Hall–Kier alpha value is -2.83. The second-order valence-electron chi connectivity index (χ2n) is 5.34. The van der Waals surface area contributed by atoms with Crippen LogP contribution in [0.5, 0.6) is 0 Å².